The van der Waals surface area contributed by atoms with Crippen LogP contribution in [0, 0.1) is 5.92 Å². The molecule has 6 nitrogen and oxygen atoms in total. The highest BCUT2D eigenvalue weighted by Gasteiger charge is 2.28. The minimum atomic E-state index is -0.651. The Kier molecular flexibility index (Phi) is 5.63. The molecule has 6 heteroatoms. The molecule has 1 heterocycles. The summed E-state index contributed by atoms with van der Waals surface area (Å²) in [5.41, 5.74) is 0.548. The van der Waals surface area contributed by atoms with Crippen molar-refractivity contribution in [3.05, 3.63) is 46.2 Å². The van der Waals surface area contributed by atoms with Crippen LogP contribution in [0.15, 0.2) is 35.1 Å². The van der Waals surface area contributed by atoms with Gasteiger partial charge in [-0.1, -0.05) is 38.0 Å². The summed E-state index contributed by atoms with van der Waals surface area (Å²) in [6, 6.07) is 8.60. The number of hydrogen-bond donors (Lipinski definition) is 0. The molecule has 1 aliphatic carbocycles. The number of carbonyl (C=O) groups excluding carboxylic acids is 2. The number of likely N-dealkylation sites (N-methyl/N-ethyl adjacent to an activating group) is 1. The number of aryl methyl sites for hydroxylation is 1. The third-order valence-corrected chi connectivity index (χ3v) is 5.66. The number of carbonyl (C=O) groups is 2. The first-order valence-corrected chi connectivity index (χ1v) is 9.41. The summed E-state index contributed by atoms with van der Waals surface area (Å²) in [6.07, 6.45) is 4.41. The van der Waals surface area contributed by atoms with Crippen molar-refractivity contribution in [3.8, 4) is 0 Å². The van der Waals surface area contributed by atoms with Gasteiger partial charge in [0.05, 0.1) is 11.1 Å². The zero-order valence-corrected chi connectivity index (χ0v) is 16.1. The van der Waals surface area contributed by atoms with E-state index in [9.17, 15) is 14.4 Å². The van der Waals surface area contributed by atoms with Crippen molar-refractivity contribution < 1.29 is 14.3 Å². The van der Waals surface area contributed by atoms with Gasteiger partial charge in [-0.2, -0.15) is 0 Å². The van der Waals surface area contributed by atoms with E-state index in [-0.39, 0.29) is 29.7 Å². The maximum atomic E-state index is 12.5. The van der Waals surface area contributed by atoms with Gasteiger partial charge >= 0.3 is 5.97 Å². The molecule has 1 aromatic heterocycles. The van der Waals surface area contributed by atoms with Crippen molar-refractivity contribution >= 4 is 22.8 Å². The van der Waals surface area contributed by atoms with Gasteiger partial charge in [0.15, 0.2) is 6.61 Å². The first-order valence-electron chi connectivity index (χ1n) is 9.41. The number of para-hydroxylation sites is 1. The number of fused-ring (bicyclic) bond motifs is 1. The Hall–Kier alpha value is -2.63. The van der Waals surface area contributed by atoms with E-state index >= 15 is 0 Å². The van der Waals surface area contributed by atoms with E-state index in [2.05, 4.69) is 6.92 Å². The SMILES string of the molecule is C[C@H]1CCCC[C@H]1N(C)C(=O)COC(=O)c1cc(=O)n(C)c2ccccc12. The standard InChI is InChI=1S/C21H26N2O4/c1-14-8-4-6-10-17(14)22(2)20(25)13-27-21(26)16-12-19(24)23(3)18-11-7-5-9-15(16)18/h5,7,9,11-12,14,17H,4,6,8,10,13H2,1-3H3/t14-,17+/m0/s1. The molecule has 0 saturated heterocycles. The smallest absolute Gasteiger partial charge is 0.339 e. The maximum absolute atomic E-state index is 12.5. The highest BCUT2D eigenvalue weighted by atomic mass is 16.5. The molecule has 27 heavy (non-hydrogen) atoms. The van der Waals surface area contributed by atoms with Gasteiger partial charge < -0.3 is 14.2 Å². The number of ether oxygens (including phenoxy) is 1. The second kappa shape index (κ2) is 7.94. The van der Waals surface area contributed by atoms with E-state index < -0.39 is 5.97 Å². The second-order valence-corrected chi connectivity index (χ2v) is 7.38. The molecule has 2 aromatic rings. The molecule has 1 fully saturated rings. The van der Waals surface area contributed by atoms with Crippen LogP contribution in [0.3, 0.4) is 0 Å². The Morgan fingerprint density at radius 2 is 1.93 bits per heavy atom. The molecule has 144 valence electrons. The number of amides is 1. The lowest BCUT2D eigenvalue weighted by Gasteiger charge is -2.36. The van der Waals surface area contributed by atoms with Crippen LogP contribution in [0.2, 0.25) is 0 Å². The Morgan fingerprint density at radius 3 is 2.67 bits per heavy atom. The van der Waals surface area contributed by atoms with E-state index in [1.807, 2.05) is 0 Å². The molecule has 3 rings (SSSR count). The average Bonchev–Trinajstić information content (AvgIpc) is 2.68. The lowest BCUT2D eigenvalue weighted by Crippen LogP contribution is -2.44. The van der Waals surface area contributed by atoms with Crippen molar-refractivity contribution in [2.24, 2.45) is 13.0 Å². The first kappa shape index (κ1) is 19.1. The fourth-order valence-corrected chi connectivity index (χ4v) is 3.94. The predicted molar refractivity (Wildman–Crippen MR) is 104 cm³/mol. The molecule has 0 N–H and O–H groups in total. The molecule has 1 aromatic carbocycles. The number of nitrogens with zero attached hydrogens (tertiary/aromatic N) is 2. The van der Waals surface area contributed by atoms with Crippen LogP contribution < -0.4 is 5.56 Å². The Morgan fingerprint density at radius 1 is 1.22 bits per heavy atom. The third-order valence-electron chi connectivity index (χ3n) is 5.66. The summed E-state index contributed by atoms with van der Waals surface area (Å²) in [4.78, 5) is 38.9. The predicted octanol–water partition coefficient (Wildman–Crippen LogP) is 2.73. The fraction of sp³-hybridized carbons (Fsp3) is 0.476. The first-order chi connectivity index (χ1) is 12.9. The van der Waals surface area contributed by atoms with Gasteiger partial charge in [0.25, 0.3) is 11.5 Å². The van der Waals surface area contributed by atoms with Crippen LogP contribution in [0.1, 0.15) is 43.0 Å². The summed E-state index contributed by atoms with van der Waals surface area (Å²) in [7, 11) is 3.43. The van der Waals surface area contributed by atoms with Gasteiger partial charge in [-0.05, 0) is 24.8 Å². The normalized spacial score (nSPS) is 19.7. The van der Waals surface area contributed by atoms with Crippen LogP contribution in [-0.4, -0.2) is 41.0 Å². The number of aromatic nitrogens is 1. The highest BCUT2D eigenvalue weighted by molar-refractivity contribution is 6.03. The Bertz CT molecular complexity index is 918. The average molecular weight is 370 g/mol. The van der Waals surface area contributed by atoms with Crippen molar-refractivity contribution in [2.45, 2.75) is 38.6 Å². The number of pyridine rings is 1. The van der Waals surface area contributed by atoms with Gasteiger partial charge in [0.1, 0.15) is 0 Å². The highest BCUT2D eigenvalue weighted by Crippen LogP contribution is 2.27. The van der Waals surface area contributed by atoms with Crippen LogP contribution >= 0.6 is 0 Å². The van der Waals surface area contributed by atoms with Crippen LogP contribution in [0.4, 0.5) is 0 Å². The zero-order valence-electron chi connectivity index (χ0n) is 16.1. The summed E-state index contributed by atoms with van der Waals surface area (Å²) >= 11 is 0. The molecule has 1 aliphatic rings. The van der Waals surface area contributed by atoms with Crippen LogP contribution in [-0.2, 0) is 16.6 Å². The van der Waals surface area contributed by atoms with Crippen molar-refractivity contribution in [1.29, 1.82) is 0 Å². The third kappa shape index (κ3) is 3.89. The minimum absolute atomic E-state index is 0.190. The molecular weight excluding hydrogens is 344 g/mol. The molecular formula is C21H26N2O4. The van der Waals surface area contributed by atoms with E-state index in [0.29, 0.717) is 16.8 Å². The molecule has 1 saturated carbocycles. The lowest BCUT2D eigenvalue weighted by molar-refractivity contribution is -0.136. The van der Waals surface area contributed by atoms with Crippen molar-refractivity contribution in [1.82, 2.24) is 9.47 Å². The number of hydrogen-bond acceptors (Lipinski definition) is 4. The molecule has 0 bridgehead atoms. The molecule has 0 spiro atoms. The number of benzene rings is 1. The summed E-state index contributed by atoms with van der Waals surface area (Å²) in [5, 5.41) is 0.631. The van der Waals surface area contributed by atoms with E-state index in [4.69, 9.17) is 4.74 Å². The molecule has 0 aliphatic heterocycles. The van der Waals surface area contributed by atoms with Crippen LogP contribution in [0.25, 0.3) is 10.9 Å². The largest absolute Gasteiger partial charge is 0.452 e. The number of esters is 1. The number of rotatable bonds is 4. The van der Waals surface area contributed by atoms with E-state index in [1.54, 1.807) is 43.3 Å². The van der Waals surface area contributed by atoms with E-state index in [0.717, 1.165) is 19.3 Å². The zero-order chi connectivity index (χ0) is 19.6. The second-order valence-electron chi connectivity index (χ2n) is 7.38. The van der Waals surface area contributed by atoms with Gasteiger partial charge in [0.2, 0.25) is 0 Å². The Balaban J connectivity index is 1.73. The van der Waals surface area contributed by atoms with Crippen LogP contribution in [0.5, 0.6) is 0 Å². The van der Waals surface area contributed by atoms with Gasteiger partial charge in [-0.25, -0.2) is 4.79 Å². The lowest BCUT2D eigenvalue weighted by atomic mass is 9.85. The Labute approximate surface area is 158 Å². The topological polar surface area (TPSA) is 68.6 Å². The van der Waals surface area contributed by atoms with Crippen molar-refractivity contribution in [2.75, 3.05) is 13.7 Å². The van der Waals surface area contributed by atoms with Gasteiger partial charge in [-0.3, -0.25) is 9.59 Å². The fourth-order valence-electron chi connectivity index (χ4n) is 3.94. The molecule has 0 unspecified atom stereocenters. The summed E-state index contributed by atoms with van der Waals surface area (Å²) < 4.78 is 6.74. The molecule has 2 atom stereocenters. The monoisotopic (exact) mass is 370 g/mol. The van der Waals surface area contributed by atoms with Gasteiger partial charge in [-0.15, -0.1) is 0 Å². The minimum Gasteiger partial charge on any atom is -0.452 e. The molecule has 1 amide bonds. The summed E-state index contributed by atoms with van der Waals surface area (Å²) in [5.74, 6) is -0.415. The summed E-state index contributed by atoms with van der Waals surface area (Å²) in [6.45, 7) is 1.84. The molecule has 0 radical (unpaired) electrons. The van der Waals surface area contributed by atoms with Gasteiger partial charge in [0, 0.05) is 31.6 Å². The maximum Gasteiger partial charge on any atom is 0.339 e. The quantitative estimate of drug-likeness (QED) is 0.776. The van der Waals surface area contributed by atoms with Crippen molar-refractivity contribution in [3.63, 3.8) is 0 Å². The van der Waals surface area contributed by atoms with E-state index in [1.165, 1.54) is 17.1 Å².